The largest absolute Gasteiger partial charge is 0.619 e. The first-order valence-corrected chi connectivity index (χ1v) is 24.9. The second-order valence-electron chi connectivity index (χ2n) is 17.3. The molecule has 12 nitrogen and oxygen atoms in total. The Balaban J connectivity index is 0. The first-order chi connectivity index (χ1) is 34.7. The fraction of sp³-hybridized carbons (Fsp3) is 0.441. The molecule has 0 saturated heterocycles. The number of benzene rings is 2. The first kappa shape index (κ1) is 70.8. The number of pyridine rings is 4. The van der Waals surface area contributed by atoms with Gasteiger partial charge < -0.3 is 29.5 Å². The van der Waals surface area contributed by atoms with Gasteiger partial charge in [0.15, 0.2) is 35.4 Å². The van der Waals surface area contributed by atoms with Crippen molar-refractivity contribution in [1.29, 1.82) is 0 Å². The van der Waals surface area contributed by atoms with Gasteiger partial charge in [-0.3, -0.25) is 14.7 Å². The zero-order chi connectivity index (χ0) is 55.5. The van der Waals surface area contributed by atoms with E-state index in [1.165, 1.54) is 45.4 Å². The van der Waals surface area contributed by atoms with Gasteiger partial charge in [0.05, 0.1) is 28.4 Å². The average molecular weight is 1220 g/mol. The van der Waals surface area contributed by atoms with Crippen LogP contribution in [0.4, 0.5) is 24.8 Å². The SMILES string of the molecule is C.CC.CC.CC.CC.COc1ccc(C(Cc2cc[n+]([O-])cc2)c2ccc(NC(C)(C)C)nc2)cc1OC.COc1ccc(C(Cc2ccncc2)c2ccc(N(C(=O)C(F)(F)F)C(C)(C)C)nc2)cc1OC.[Ir]. The molecule has 2 atom stereocenters. The van der Waals surface area contributed by atoms with Crippen LogP contribution < -0.4 is 33.9 Å². The number of alkyl halides is 3. The number of methoxy groups -OCH3 is 4. The van der Waals surface area contributed by atoms with E-state index >= 15 is 0 Å². The molecule has 4 heterocycles. The quantitative estimate of drug-likeness (QED) is 0.0829. The van der Waals surface area contributed by atoms with E-state index in [2.05, 4.69) is 47.1 Å². The van der Waals surface area contributed by atoms with E-state index in [0.717, 1.165) is 50.3 Å². The number of halogens is 3. The van der Waals surface area contributed by atoms with Crippen LogP contribution >= 0.6 is 0 Å². The Morgan fingerprint density at radius 1 is 0.600 bits per heavy atom. The standard InChI is InChI=1S/C26H28F3N3O3.C24H29N3O3.4C2H6.CH4.Ir/c1-25(2,3)32(24(33)26(27,28)29)23-9-7-19(16-31-23)20(14-17-10-12-30-13-11-17)18-6-8-21(34-4)22(15-18)35-5;1-24(2,3)26-23-9-7-19(16-25-23)20(14-17-10-12-27(28)13-11-17)18-6-8-21(29-4)22(15-18)30-5;4*1-2;;/h6-13,15-16,20H,14H2,1-5H3;6-13,15-16,20H,14H2,1-5H3,(H,25,26);4*1-2H3;1H4;. The molecule has 0 aliphatic carbocycles. The number of anilines is 2. The summed E-state index contributed by atoms with van der Waals surface area (Å²) in [6.07, 6.45) is 6.17. The number of carbonyl (C=O) groups excluding carboxylic acids is 1. The number of nitrogens with one attached hydrogen (secondary N) is 1. The Kier molecular flexibility index (Phi) is 33.1. The second kappa shape index (κ2) is 35.1. The Hall–Kier alpha value is -6.25. The van der Waals surface area contributed by atoms with Gasteiger partial charge in [-0.1, -0.05) is 87.1 Å². The number of hydrogen-bond donors (Lipinski definition) is 1. The molecule has 2 unspecified atom stereocenters. The minimum absolute atomic E-state index is 0. The van der Waals surface area contributed by atoms with Gasteiger partial charge >= 0.3 is 12.1 Å². The van der Waals surface area contributed by atoms with Gasteiger partial charge in [0, 0.05) is 79.9 Å². The molecule has 417 valence electrons. The van der Waals surface area contributed by atoms with Crippen molar-refractivity contribution in [3.05, 3.63) is 161 Å². The number of carbonyl (C=O) groups is 1. The summed E-state index contributed by atoms with van der Waals surface area (Å²) >= 11 is 0. The number of amides is 1. The summed E-state index contributed by atoms with van der Waals surface area (Å²) in [6.45, 7) is 26.9. The predicted molar refractivity (Wildman–Crippen MR) is 297 cm³/mol. The summed E-state index contributed by atoms with van der Waals surface area (Å²) in [6, 6.07) is 26.3. The van der Waals surface area contributed by atoms with E-state index in [1.807, 2.05) is 122 Å². The van der Waals surface area contributed by atoms with Gasteiger partial charge in [0.1, 0.15) is 11.6 Å². The van der Waals surface area contributed by atoms with Crippen molar-refractivity contribution in [2.45, 2.75) is 146 Å². The molecule has 16 heteroatoms. The van der Waals surface area contributed by atoms with Gasteiger partial charge in [-0.25, -0.2) is 9.97 Å². The summed E-state index contributed by atoms with van der Waals surface area (Å²) in [7, 11) is 6.36. The van der Waals surface area contributed by atoms with Crippen LogP contribution in [0.1, 0.15) is 150 Å². The summed E-state index contributed by atoms with van der Waals surface area (Å²) in [5.74, 6) is 1.17. The summed E-state index contributed by atoms with van der Waals surface area (Å²) < 4.78 is 62.3. The van der Waals surface area contributed by atoms with Crippen LogP contribution in [0.5, 0.6) is 23.0 Å². The topological polar surface area (TPSA) is 135 Å². The normalized spacial score (nSPS) is 11.2. The molecule has 0 bridgehead atoms. The van der Waals surface area contributed by atoms with E-state index in [1.54, 1.807) is 53.0 Å². The molecule has 1 N–H and O–H groups in total. The maximum Gasteiger partial charge on any atom is 0.471 e. The van der Waals surface area contributed by atoms with Gasteiger partial charge in [0.2, 0.25) is 0 Å². The maximum atomic E-state index is 13.3. The molecule has 75 heavy (non-hydrogen) atoms. The number of ether oxygens (including phenoxy) is 4. The molecule has 1 radical (unpaired) electrons. The van der Waals surface area contributed by atoms with Gasteiger partial charge in [0.25, 0.3) is 0 Å². The van der Waals surface area contributed by atoms with Crippen LogP contribution in [-0.4, -0.2) is 66.6 Å². The van der Waals surface area contributed by atoms with E-state index in [9.17, 15) is 23.2 Å². The molecule has 6 rings (SSSR count). The van der Waals surface area contributed by atoms with E-state index in [0.29, 0.717) is 34.3 Å². The molecule has 0 fully saturated rings. The monoisotopic (exact) mass is 1220 g/mol. The third kappa shape index (κ3) is 22.2. The fourth-order valence-electron chi connectivity index (χ4n) is 7.25. The molecule has 4 aromatic heterocycles. The van der Waals surface area contributed by atoms with Crippen LogP contribution in [0, 0.1) is 5.21 Å². The number of hydrogen-bond acceptors (Lipinski definition) is 10. The molecule has 6 aromatic rings. The molecule has 0 saturated carbocycles. The third-order valence-electron chi connectivity index (χ3n) is 10.3. The van der Waals surface area contributed by atoms with Gasteiger partial charge in [-0.05, 0) is 136 Å². The summed E-state index contributed by atoms with van der Waals surface area (Å²) in [5, 5.41) is 14.8. The smallest absolute Gasteiger partial charge is 0.471 e. The van der Waals surface area contributed by atoms with Crippen LogP contribution in [0.25, 0.3) is 0 Å². The summed E-state index contributed by atoms with van der Waals surface area (Å²) in [4.78, 5) is 25.8. The molecule has 0 spiro atoms. The molecular weight excluding hydrogens is 1140 g/mol. The molecular formula is C59H85F3IrN6O6. The van der Waals surface area contributed by atoms with Crippen molar-refractivity contribution in [1.82, 2.24) is 15.0 Å². The number of aromatic nitrogens is 4. The van der Waals surface area contributed by atoms with Crippen LogP contribution in [0.15, 0.2) is 122 Å². The number of nitrogens with zero attached hydrogens (tertiary/aromatic N) is 5. The average Bonchev–Trinajstić information content (AvgIpc) is 3.39. The van der Waals surface area contributed by atoms with E-state index < -0.39 is 17.6 Å². The van der Waals surface area contributed by atoms with Crippen LogP contribution in [-0.2, 0) is 37.7 Å². The van der Waals surface area contributed by atoms with Crippen molar-refractivity contribution in [3.8, 4) is 23.0 Å². The summed E-state index contributed by atoms with van der Waals surface area (Å²) in [5.41, 5.74) is 4.76. The van der Waals surface area contributed by atoms with Crippen LogP contribution in [0.3, 0.4) is 0 Å². The van der Waals surface area contributed by atoms with Crippen molar-refractivity contribution in [3.63, 3.8) is 0 Å². The maximum absolute atomic E-state index is 13.3. The number of rotatable bonds is 14. The minimum atomic E-state index is -5.02. The van der Waals surface area contributed by atoms with E-state index in [4.69, 9.17) is 18.9 Å². The Bertz CT molecular complexity index is 2470. The van der Waals surface area contributed by atoms with E-state index in [-0.39, 0.29) is 50.7 Å². The van der Waals surface area contributed by atoms with Gasteiger partial charge in [-0.15, -0.1) is 0 Å². The first-order valence-electron chi connectivity index (χ1n) is 24.9. The third-order valence-corrected chi connectivity index (χ3v) is 10.3. The Morgan fingerprint density at radius 3 is 1.35 bits per heavy atom. The minimum Gasteiger partial charge on any atom is -0.619 e. The van der Waals surface area contributed by atoms with Crippen molar-refractivity contribution < 1.29 is 61.7 Å². The van der Waals surface area contributed by atoms with Crippen LogP contribution in [0.2, 0.25) is 0 Å². The zero-order valence-electron chi connectivity index (χ0n) is 46.8. The zero-order valence-corrected chi connectivity index (χ0v) is 49.2. The van der Waals surface area contributed by atoms with Crippen molar-refractivity contribution in [2.75, 3.05) is 38.7 Å². The molecule has 2 aromatic carbocycles. The fourth-order valence-corrected chi connectivity index (χ4v) is 7.25. The molecule has 1 amide bonds. The second-order valence-corrected chi connectivity index (χ2v) is 17.3. The Morgan fingerprint density at radius 2 is 1.00 bits per heavy atom. The van der Waals surface area contributed by atoms with Crippen molar-refractivity contribution >= 4 is 17.5 Å². The molecule has 0 aliphatic rings. The van der Waals surface area contributed by atoms with Crippen molar-refractivity contribution in [2.24, 2.45) is 0 Å². The predicted octanol–water partition coefficient (Wildman–Crippen LogP) is 14.6. The van der Waals surface area contributed by atoms with Gasteiger partial charge in [-0.2, -0.15) is 17.9 Å². The molecule has 0 aliphatic heterocycles. The Labute approximate surface area is 460 Å².